The highest BCUT2D eigenvalue weighted by Crippen LogP contribution is 2.30. The Morgan fingerprint density at radius 1 is 0.818 bits per heavy atom. The molecule has 0 saturated carbocycles. The fourth-order valence-electron chi connectivity index (χ4n) is 2.97. The average molecular weight is 466 g/mol. The van der Waals surface area contributed by atoms with Gasteiger partial charge in [-0.15, -0.1) is 0 Å². The summed E-state index contributed by atoms with van der Waals surface area (Å²) in [6.07, 6.45) is 2.47. The first-order valence-corrected chi connectivity index (χ1v) is 11.7. The molecule has 9 heteroatoms. The number of aliphatic hydroxyl groups is 1. The second kappa shape index (κ2) is 10.8. The Morgan fingerprint density at radius 2 is 1.45 bits per heavy atom. The van der Waals surface area contributed by atoms with Crippen molar-refractivity contribution < 1.29 is 22.8 Å². The van der Waals surface area contributed by atoms with Gasteiger partial charge in [0.05, 0.1) is 48.4 Å². The zero-order valence-corrected chi connectivity index (χ0v) is 18.9. The van der Waals surface area contributed by atoms with Crippen LogP contribution in [0, 0.1) is 0 Å². The number of benzene rings is 1. The summed E-state index contributed by atoms with van der Waals surface area (Å²) in [6.45, 7) is -0.112. The minimum atomic E-state index is -3.67. The van der Waals surface area contributed by atoms with Crippen LogP contribution in [0.25, 0.3) is 33.9 Å². The number of nitrogens with zero attached hydrogens (tertiary/aromatic N) is 3. The molecule has 4 aromatic rings. The van der Waals surface area contributed by atoms with Gasteiger partial charge in [0.25, 0.3) is 10.1 Å². The normalized spacial score (nSPS) is 10.8. The molecule has 0 saturated heterocycles. The standard InChI is InChI=1S/C23H19N3O2.CH4O3S/c1-28-19-10-8-16(9-11-19)17-13-22(20-6-2-3-12-24-20)26-23(14-17)21-7-4-5-18(15-27)25-21;1-5(2,3)4/h2-14,27H,15H2,1H3;1H3,(H,2,3,4). The van der Waals surface area contributed by atoms with Crippen LogP contribution in [0.15, 0.2) is 79.0 Å². The van der Waals surface area contributed by atoms with Crippen molar-refractivity contribution in [2.24, 2.45) is 0 Å². The van der Waals surface area contributed by atoms with Crippen molar-refractivity contribution in [3.63, 3.8) is 0 Å². The molecule has 0 atom stereocenters. The molecule has 0 aliphatic heterocycles. The Labute approximate surface area is 192 Å². The van der Waals surface area contributed by atoms with Gasteiger partial charge in [0, 0.05) is 6.20 Å². The van der Waals surface area contributed by atoms with Crippen molar-refractivity contribution in [1.82, 2.24) is 15.0 Å². The molecule has 170 valence electrons. The number of hydrogen-bond acceptors (Lipinski definition) is 7. The van der Waals surface area contributed by atoms with Gasteiger partial charge in [-0.25, -0.2) is 9.97 Å². The van der Waals surface area contributed by atoms with E-state index >= 15 is 0 Å². The minimum Gasteiger partial charge on any atom is -0.497 e. The molecule has 0 spiro atoms. The van der Waals surface area contributed by atoms with Crippen LogP contribution in [0.2, 0.25) is 0 Å². The first-order valence-electron chi connectivity index (χ1n) is 9.84. The van der Waals surface area contributed by atoms with Gasteiger partial charge in [0.1, 0.15) is 5.75 Å². The van der Waals surface area contributed by atoms with Crippen molar-refractivity contribution >= 4 is 10.1 Å². The number of hydrogen-bond donors (Lipinski definition) is 2. The summed E-state index contributed by atoms with van der Waals surface area (Å²) in [4.78, 5) is 13.7. The van der Waals surface area contributed by atoms with Crippen LogP contribution in [0.4, 0.5) is 0 Å². The second-order valence-electron chi connectivity index (χ2n) is 6.98. The molecular formula is C24H23N3O5S. The van der Waals surface area contributed by atoms with E-state index in [1.165, 1.54) is 0 Å². The van der Waals surface area contributed by atoms with E-state index < -0.39 is 10.1 Å². The van der Waals surface area contributed by atoms with Crippen LogP contribution in [0.3, 0.4) is 0 Å². The summed E-state index contributed by atoms with van der Waals surface area (Å²) in [7, 11) is -2.02. The number of methoxy groups -OCH3 is 1. The fraction of sp³-hybridized carbons (Fsp3) is 0.125. The summed E-state index contributed by atoms with van der Waals surface area (Å²) in [5.74, 6) is 0.806. The van der Waals surface area contributed by atoms with Gasteiger partial charge in [-0.3, -0.25) is 9.54 Å². The largest absolute Gasteiger partial charge is 0.497 e. The van der Waals surface area contributed by atoms with Crippen LogP contribution in [-0.4, -0.2) is 46.4 Å². The van der Waals surface area contributed by atoms with E-state index in [9.17, 15) is 13.5 Å². The van der Waals surface area contributed by atoms with Crippen molar-refractivity contribution in [3.05, 3.63) is 84.7 Å². The van der Waals surface area contributed by atoms with Gasteiger partial charge in [-0.2, -0.15) is 8.42 Å². The highest BCUT2D eigenvalue weighted by molar-refractivity contribution is 7.85. The van der Waals surface area contributed by atoms with Gasteiger partial charge < -0.3 is 9.84 Å². The zero-order chi connectivity index (χ0) is 23.8. The van der Waals surface area contributed by atoms with Gasteiger partial charge >= 0.3 is 0 Å². The van der Waals surface area contributed by atoms with Crippen LogP contribution in [0.1, 0.15) is 5.69 Å². The quantitative estimate of drug-likeness (QED) is 0.426. The van der Waals surface area contributed by atoms with Crippen LogP contribution < -0.4 is 4.74 Å². The molecule has 8 nitrogen and oxygen atoms in total. The third-order valence-corrected chi connectivity index (χ3v) is 4.41. The highest BCUT2D eigenvalue weighted by Gasteiger charge is 2.11. The summed E-state index contributed by atoms with van der Waals surface area (Å²) in [5, 5.41) is 9.42. The molecule has 4 rings (SSSR count). The lowest BCUT2D eigenvalue weighted by molar-refractivity contribution is 0.277. The molecule has 0 radical (unpaired) electrons. The number of rotatable bonds is 5. The second-order valence-corrected chi connectivity index (χ2v) is 8.44. The molecule has 0 bridgehead atoms. The van der Waals surface area contributed by atoms with E-state index in [4.69, 9.17) is 14.3 Å². The van der Waals surface area contributed by atoms with Gasteiger partial charge in [0.2, 0.25) is 0 Å². The van der Waals surface area contributed by atoms with E-state index in [0.717, 1.165) is 34.0 Å². The predicted molar refractivity (Wildman–Crippen MR) is 126 cm³/mol. The van der Waals surface area contributed by atoms with Crippen molar-refractivity contribution in [2.45, 2.75) is 6.61 Å². The molecule has 0 aliphatic rings. The van der Waals surface area contributed by atoms with Crippen LogP contribution in [0.5, 0.6) is 5.75 Å². The topological polar surface area (TPSA) is 123 Å². The number of aromatic nitrogens is 3. The maximum absolute atomic E-state index is 9.42. The van der Waals surface area contributed by atoms with Gasteiger partial charge in [0.15, 0.2) is 0 Å². The first kappa shape index (κ1) is 24.0. The van der Waals surface area contributed by atoms with Gasteiger partial charge in [-0.05, 0) is 59.7 Å². The maximum atomic E-state index is 9.42. The average Bonchev–Trinajstić information content (AvgIpc) is 2.83. The van der Waals surface area contributed by atoms with E-state index in [-0.39, 0.29) is 6.61 Å². The monoisotopic (exact) mass is 465 g/mol. The maximum Gasteiger partial charge on any atom is 0.261 e. The SMILES string of the molecule is COc1ccc(-c2cc(-c3ccccn3)nc(-c3cccc(CO)n3)c2)cc1.CS(=O)(=O)O. The zero-order valence-electron chi connectivity index (χ0n) is 18.1. The number of ether oxygens (including phenoxy) is 1. The van der Waals surface area contributed by atoms with E-state index in [1.54, 1.807) is 19.4 Å². The Balaban J connectivity index is 0.000000555. The molecule has 1 aromatic carbocycles. The Morgan fingerprint density at radius 3 is 2.03 bits per heavy atom. The summed E-state index contributed by atoms with van der Waals surface area (Å²) < 4.78 is 31.1. The smallest absolute Gasteiger partial charge is 0.261 e. The van der Waals surface area contributed by atoms with Crippen LogP contribution in [-0.2, 0) is 16.7 Å². The Hall–Kier alpha value is -3.66. The number of aliphatic hydroxyl groups excluding tert-OH is 1. The lowest BCUT2D eigenvalue weighted by atomic mass is 10.0. The summed E-state index contributed by atoms with van der Waals surface area (Å²) >= 11 is 0. The highest BCUT2D eigenvalue weighted by atomic mass is 32.2. The Kier molecular flexibility index (Phi) is 7.83. The number of pyridine rings is 3. The molecule has 3 heterocycles. The van der Waals surface area contributed by atoms with Crippen molar-refractivity contribution in [1.29, 1.82) is 0 Å². The first-order chi connectivity index (χ1) is 15.8. The molecule has 0 fully saturated rings. The molecule has 3 aromatic heterocycles. The summed E-state index contributed by atoms with van der Waals surface area (Å²) in [6, 6.07) is 23.2. The minimum absolute atomic E-state index is 0.112. The van der Waals surface area contributed by atoms with Crippen molar-refractivity contribution in [2.75, 3.05) is 13.4 Å². The summed E-state index contributed by atoms with van der Waals surface area (Å²) in [5.41, 5.74) is 5.64. The molecule has 2 N–H and O–H groups in total. The lowest BCUT2D eigenvalue weighted by Gasteiger charge is -2.10. The van der Waals surface area contributed by atoms with E-state index in [2.05, 4.69) is 9.97 Å². The Bertz CT molecular complexity index is 1300. The molecule has 33 heavy (non-hydrogen) atoms. The van der Waals surface area contributed by atoms with E-state index in [0.29, 0.717) is 17.6 Å². The third-order valence-electron chi connectivity index (χ3n) is 4.41. The fourth-order valence-corrected chi connectivity index (χ4v) is 2.97. The van der Waals surface area contributed by atoms with Gasteiger partial charge in [-0.1, -0.05) is 24.3 Å². The van der Waals surface area contributed by atoms with Crippen molar-refractivity contribution in [3.8, 4) is 39.7 Å². The molecular weight excluding hydrogens is 442 g/mol. The van der Waals surface area contributed by atoms with Crippen LogP contribution >= 0.6 is 0 Å². The lowest BCUT2D eigenvalue weighted by Crippen LogP contribution is -1.96. The predicted octanol–water partition coefficient (Wildman–Crippen LogP) is 3.88. The third kappa shape index (κ3) is 7.18. The molecule has 0 amide bonds. The van der Waals surface area contributed by atoms with E-state index in [1.807, 2.05) is 66.7 Å². The molecule has 0 aliphatic carbocycles. The molecule has 0 unspecified atom stereocenters.